The average Bonchev–Trinajstić information content (AvgIpc) is 2.79. The standard InChI is InChI=1S/C13H16ClNO/c1-9-5-3-6-10(12(9)14)13(15-2)11-7-4-8-16-11/h3,5-7,13,15H,4,8H2,1-2H3. The molecule has 1 aliphatic rings. The zero-order chi connectivity index (χ0) is 11.5. The summed E-state index contributed by atoms with van der Waals surface area (Å²) in [5.74, 6) is 0.981. The third-order valence-electron chi connectivity index (χ3n) is 2.84. The summed E-state index contributed by atoms with van der Waals surface area (Å²) in [6.07, 6.45) is 3.11. The van der Waals surface area contributed by atoms with Crippen molar-refractivity contribution in [1.82, 2.24) is 5.32 Å². The van der Waals surface area contributed by atoms with Gasteiger partial charge in [0.05, 0.1) is 12.6 Å². The Hall–Kier alpha value is -0.990. The summed E-state index contributed by atoms with van der Waals surface area (Å²) in [7, 11) is 1.92. The molecule has 0 aromatic heterocycles. The van der Waals surface area contributed by atoms with Gasteiger partial charge in [0.15, 0.2) is 0 Å². The highest BCUT2D eigenvalue weighted by atomic mass is 35.5. The van der Waals surface area contributed by atoms with E-state index in [1.54, 1.807) is 0 Å². The van der Waals surface area contributed by atoms with E-state index in [1.807, 2.05) is 32.2 Å². The monoisotopic (exact) mass is 237 g/mol. The maximum atomic E-state index is 6.32. The number of rotatable bonds is 3. The van der Waals surface area contributed by atoms with Gasteiger partial charge in [0, 0.05) is 11.4 Å². The Morgan fingerprint density at radius 2 is 2.25 bits per heavy atom. The molecule has 0 aliphatic carbocycles. The first-order valence-electron chi connectivity index (χ1n) is 5.49. The topological polar surface area (TPSA) is 21.3 Å². The van der Waals surface area contributed by atoms with Gasteiger partial charge in [-0.15, -0.1) is 0 Å². The molecule has 0 fully saturated rings. The van der Waals surface area contributed by atoms with Crippen LogP contribution < -0.4 is 5.32 Å². The first-order chi connectivity index (χ1) is 7.74. The van der Waals surface area contributed by atoms with E-state index in [4.69, 9.17) is 16.3 Å². The van der Waals surface area contributed by atoms with Gasteiger partial charge < -0.3 is 10.1 Å². The van der Waals surface area contributed by atoms with Crippen LogP contribution in [0.25, 0.3) is 0 Å². The number of aryl methyl sites for hydroxylation is 1. The summed E-state index contributed by atoms with van der Waals surface area (Å²) in [5.41, 5.74) is 2.18. The molecule has 0 saturated heterocycles. The highest BCUT2D eigenvalue weighted by Gasteiger charge is 2.21. The largest absolute Gasteiger partial charge is 0.496 e. The first-order valence-corrected chi connectivity index (χ1v) is 5.87. The fourth-order valence-corrected chi connectivity index (χ4v) is 2.22. The molecule has 2 nitrogen and oxygen atoms in total. The lowest BCUT2D eigenvalue weighted by atomic mass is 10.0. The van der Waals surface area contributed by atoms with Crippen molar-refractivity contribution in [3.8, 4) is 0 Å². The highest BCUT2D eigenvalue weighted by molar-refractivity contribution is 6.32. The average molecular weight is 238 g/mol. The molecular formula is C13H16ClNO. The summed E-state index contributed by atoms with van der Waals surface area (Å²) < 4.78 is 5.60. The van der Waals surface area contributed by atoms with E-state index >= 15 is 0 Å². The predicted molar refractivity (Wildman–Crippen MR) is 66.6 cm³/mol. The fourth-order valence-electron chi connectivity index (χ4n) is 1.98. The van der Waals surface area contributed by atoms with Gasteiger partial charge in [0.1, 0.15) is 5.76 Å². The molecule has 0 radical (unpaired) electrons. The van der Waals surface area contributed by atoms with Gasteiger partial charge in [0.25, 0.3) is 0 Å². The predicted octanol–water partition coefficient (Wildman–Crippen LogP) is 3.21. The Labute approximate surface area is 101 Å². The number of hydrogen-bond donors (Lipinski definition) is 1. The van der Waals surface area contributed by atoms with Crippen molar-refractivity contribution in [2.45, 2.75) is 19.4 Å². The van der Waals surface area contributed by atoms with Crippen LogP contribution in [0.4, 0.5) is 0 Å². The Morgan fingerprint density at radius 1 is 1.44 bits per heavy atom. The minimum atomic E-state index is 0.0647. The van der Waals surface area contributed by atoms with Crippen molar-refractivity contribution in [1.29, 1.82) is 0 Å². The molecule has 1 atom stereocenters. The molecule has 1 aromatic rings. The van der Waals surface area contributed by atoms with Crippen LogP contribution in [0.5, 0.6) is 0 Å². The Kier molecular flexibility index (Phi) is 3.52. The molecule has 16 heavy (non-hydrogen) atoms. The highest BCUT2D eigenvalue weighted by Crippen LogP contribution is 2.32. The van der Waals surface area contributed by atoms with E-state index in [1.165, 1.54) is 0 Å². The maximum Gasteiger partial charge on any atom is 0.114 e. The second kappa shape index (κ2) is 4.89. The first kappa shape index (κ1) is 11.5. The summed E-state index contributed by atoms with van der Waals surface area (Å²) in [6, 6.07) is 6.15. The van der Waals surface area contributed by atoms with Crippen molar-refractivity contribution in [3.05, 3.63) is 46.2 Å². The number of halogens is 1. The van der Waals surface area contributed by atoms with Gasteiger partial charge in [-0.3, -0.25) is 0 Å². The molecule has 0 bridgehead atoms. The van der Waals surface area contributed by atoms with E-state index in [9.17, 15) is 0 Å². The van der Waals surface area contributed by atoms with Crippen molar-refractivity contribution in [3.63, 3.8) is 0 Å². The van der Waals surface area contributed by atoms with E-state index in [0.29, 0.717) is 0 Å². The van der Waals surface area contributed by atoms with Crippen molar-refractivity contribution in [2.75, 3.05) is 13.7 Å². The molecule has 86 valence electrons. The van der Waals surface area contributed by atoms with Crippen LogP contribution in [0, 0.1) is 6.92 Å². The van der Waals surface area contributed by atoms with Crippen LogP contribution >= 0.6 is 11.6 Å². The minimum absolute atomic E-state index is 0.0647. The van der Waals surface area contributed by atoms with Gasteiger partial charge in [0.2, 0.25) is 0 Å². The van der Waals surface area contributed by atoms with Gasteiger partial charge >= 0.3 is 0 Å². The third kappa shape index (κ3) is 2.08. The van der Waals surface area contributed by atoms with E-state index in [2.05, 4.69) is 11.4 Å². The maximum absolute atomic E-state index is 6.32. The van der Waals surface area contributed by atoms with Crippen molar-refractivity contribution >= 4 is 11.6 Å². The summed E-state index contributed by atoms with van der Waals surface area (Å²) >= 11 is 6.32. The molecular weight excluding hydrogens is 222 g/mol. The van der Waals surface area contributed by atoms with E-state index in [0.717, 1.165) is 34.9 Å². The van der Waals surface area contributed by atoms with Gasteiger partial charge in [-0.2, -0.15) is 0 Å². The molecule has 1 N–H and O–H groups in total. The van der Waals surface area contributed by atoms with Gasteiger partial charge in [-0.05, 0) is 31.2 Å². The third-order valence-corrected chi connectivity index (χ3v) is 3.35. The molecule has 0 spiro atoms. The molecule has 2 rings (SSSR count). The second-order valence-corrected chi connectivity index (χ2v) is 4.32. The smallest absolute Gasteiger partial charge is 0.114 e. The fraction of sp³-hybridized carbons (Fsp3) is 0.385. The number of hydrogen-bond acceptors (Lipinski definition) is 2. The Balaban J connectivity index is 2.36. The zero-order valence-electron chi connectivity index (χ0n) is 9.59. The molecule has 1 aliphatic heterocycles. The van der Waals surface area contributed by atoms with Crippen LogP contribution in [-0.2, 0) is 4.74 Å². The van der Waals surface area contributed by atoms with Crippen molar-refractivity contribution < 1.29 is 4.74 Å². The molecule has 0 saturated carbocycles. The Bertz CT molecular complexity index is 414. The normalized spacial score (nSPS) is 16.8. The van der Waals surface area contributed by atoms with E-state index < -0.39 is 0 Å². The zero-order valence-corrected chi connectivity index (χ0v) is 10.3. The summed E-state index contributed by atoms with van der Waals surface area (Å²) in [4.78, 5) is 0. The summed E-state index contributed by atoms with van der Waals surface area (Å²) in [5, 5.41) is 4.07. The molecule has 3 heteroatoms. The summed E-state index contributed by atoms with van der Waals surface area (Å²) in [6.45, 7) is 2.79. The second-order valence-electron chi connectivity index (χ2n) is 3.94. The quantitative estimate of drug-likeness (QED) is 0.872. The molecule has 1 heterocycles. The lowest BCUT2D eigenvalue weighted by Crippen LogP contribution is -2.19. The molecule has 1 aromatic carbocycles. The van der Waals surface area contributed by atoms with Crippen molar-refractivity contribution in [2.24, 2.45) is 0 Å². The van der Waals surface area contributed by atoms with Crippen LogP contribution in [0.1, 0.15) is 23.6 Å². The number of benzene rings is 1. The van der Waals surface area contributed by atoms with Crippen LogP contribution in [0.3, 0.4) is 0 Å². The lowest BCUT2D eigenvalue weighted by molar-refractivity contribution is 0.218. The number of nitrogens with one attached hydrogen (secondary N) is 1. The minimum Gasteiger partial charge on any atom is -0.496 e. The molecule has 1 unspecified atom stereocenters. The lowest BCUT2D eigenvalue weighted by Gasteiger charge is -2.19. The van der Waals surface area contributed by atoms with Crippen LogP contribution in [0.15, 0.2) is 30.0 Å². The van der Waals surface area contributed by atoms with Crippen LogP contribution in [-0.4, -0.2) is 13.7 Å². The molecule has 0 amide bonds. The SMILES string of the molecule is CNC(C1=CCCO1)c1cccc(C)c1Cl. The van der Waals surface area contributed by atoms with Gasteiger partial charge in [-0.25, -0.2) is 0 Å². The Morgan fingerprint density at radius 3 is 2.88 bits per heavy atom. The van der Waals surface area contributed by atoms with E-state index in [-0.39, 0.29) is 6.04 Å². The van der Waals surface area contributed by atoms with Crippen LogP contribution in [0.2, 0.25) is 5.02 Å². The number of ether oxygens (including phenoxy) is 1. The van der Waals surface area contributed by atoms with Gasteiger partial charge in [-0.1, -0.05) is 29.8 Å². The number of likely N-dealkylation sites (N-methyl/N-ethyl adjacent to an activating group) is 1.